The minimum atomic E-state index is -0.0485. The van der Waals surface area contributed by atoms with Gasteiger partial charge in [0, 0.05) is 23.8 Å². The normalized spacial score (nSPS) is 18.7. The minimum Gasteiger partial charge on any atom is -0.444 e. The molecule has 0 saturated carbocycles. The van der Waals surface area contributed by atoms with Crippen LogP contribution in [0.4, 0.5) is 5.69 Å². The number of anilines is 1. The van der Waals surface area contributed by atoms with E-state index in [-0.39, 0.29) is 11.9 Å². The van der Waals surface area contributed by atoms with Crippen LogP contribution in [0.2, 0.25) is 0 Å². The van der Waals surface area contributed by atoms with Gasteiger partial charge < -0.3 is 15.1 Å². The first-order chi connectivity index (χ1) is 10.1. The van der Waals surface area contributed by atoms with Crippen LogP contribution in [0.5, 0.6) is 0 Å². The first kappa shape index (κ1) is 13.7. The molecule has 0 radical (unpaired) electrons. The van der Waals surface area contributed by atoms with E-state index in [9.17, 15) is 4.79 Å². The van der Waals surface area contributed by atoms with Crippen molar-refractivity contribution in [3.63, 3.8) is 0 Å². The van der Waals surface area contributed by atoms with Crippen LogP contribution >= 0.6 is 0 Å². The van der Waals surface area contributed by atoms with E-state index in [0.717, 1.165) is 24.9 Å². The number of aromatic nitrogens is 1. The second-order valence-electron chi connectivity index (χ2n) is 5.50. The van der Waals surface area contributed by atoms with Crippen molar-refractivity contribution in [1.82, 2.24) is 9.88 Å². The number of rotatable bonds is 2. The van der Waals surface area contributed by atoms with Crippen LogP contribution < -0.4 is 5.73 Å². The molecule has 1 saturated heterocycles. The fourth-order valence-corrected chi connectivity index (χ4v) is 2.68. The van der Waals surface area contributed by atoms with Crippen LogP contribution in [0.25, 0.3) is 11.5 Å². The van der Waals surface area contributed by atoms with Gasteiger partial charge in [-0.2, -0.15) is 0 Å². The lowest BCUT2D eigenvalue weighted by Gasteiger charge is -2.32. The Morgan fingerprint density at radius 2 is 2.10 bits per heavy atom. The molecule has 1 amide bonds. The average molecular weight is 285 g/mol. The van der Waals surface area contributed by atoms with Gasteiger partial charge >= 0.3 is 0 Å². The largest absolute Gasteiger partial charge is 0.444 e. The van der Waals surface area contributed by atoms with Crippen molar-refractivity contribution in [3.05, 3.63) is 36.2 Å². The molecule has 0 spiro atoms. The van der Waals surface area contributed by atoms with Crippen molar-refractivity contribution in [2.45, 2.75) is 32.2 Å². The molecule has 1 aliphatic heterocycles. The Morgan fingerprint density at radius 1 is 1.33 bits per heavy atom. The zero-order valence-corrected chi connectivity index (χ0v) is 12.1. The summed E-state index contributed by atoms with van der Waals surface area (Å²) >= 11 is 0. The van der Waals surface area contributed by atoms with Crippen molar-refractivity contribution in [3.8, 4) is 11.5 Å². The van der Waals surface area contributed by atoms with E-state index in [1.165, 1.54) is 12.7 Å². The number of piperidine rings is 1. The van der Waals surface area contributed by atoms with Gasteiger partial charge in [-0.1, -0.05) is 0 Å². The molecule has 5 nitrogen and oxygen atoms in total. The topological polar surface area (TPSA) is 72.4 Å². The van der Waals surface area contributed by atoms with E-state index in [2.05, 4.69) is 11.9 Å². The first-order valence-electron chi connectivity index (χ1n) is 7.27. The van der Waals surface area contributed by atoms with E-state index in [1.54, 1.807) is 12.1 Å². The molecule has 1 atom stereocenters. The Hall–Kier alpha value is -2.30. The van der Waals surface area contributed by atoms with Crippen molar-refractivity contribution >= 4 is 11.6 Å². The van der Waals surface area contributed by atoms with Gasteiger partial charge in [-0.3, -0.25) is 4.79 Å². The van der Waals surface area contributed by atoms with Gasteiger partial charge in [-0.05, 0) is 50.5 Å². The zero-order chi connectivity index (χ0) is 14.8. The van der Waals surface area contributed by atoms with E-state index < -0.39 is 0 Å². The first-order valence-corrected chi connectivity index (χ1v) is 7.27. The molecular weight excluding hydrogens is 266 g/mol. The molecule has 1 aliphatic rings. The lowest BCUT2D eigenvalue weighted by atomic mass is 10.0. The van der Waals surface area contributed by atoms with Gasteiger partial charge in [0.15, 0.2) is 5.69 Å². The smallest absolute Gasteiger partial charge is 0.276 e. The Labute approximate surface area is 123 Å². The molecular formula is C16H19N3O2. The third-order valence-electron chi connectivity index (χ3n) is 3.94. The summed E-state index contributed by atoms with van der Waals surface area (Å²) in [5.41, 5.74) is 7.53. The molecule has 1 aromatic heterocycles. The van der Waals surface area contributed by atoms with E-state index in [4.69, 9.17) is 10.2 Å². The van der Waals surface area contributed by atoms with E-state index in [1.807, 2.05) is 17.0 Å². The van der Waals surface area contributed by atoms with Gasteiger partial charge in [-0.15, -0.1) is 0 Å². The lowest BCUT2D eigenvalue weighted by Crippen LogP contribution is -2.42. The van der Waals surface area contributed by atoms with Crippen LogP contribution in [0.3, 0.4) is 0 Å². The van der Waals surface area contributed by atoms with Gasteiger partial charge in [-0.25, -0.2) is 4.98 Å². The highest BCUT2D eigenvalue weighted by atomic mass is 16.3. The number of benzene rings is 1. The maximum atomic E-state index is 12.5. The van der Waals surface area contributed by atoms with Crippen LogP contribution in [0.1, 0.15) is 36.7 Å². The number of oxazole rings is 1. The lowest BCUT2D eigenvalue weighted by molar-refractivity contribution is 0.0629. The third-order valence-corrected chi connectivity index (χ3v) is 3.94. The summed E-state index contributed by atoms with van der Waals surface area (Å²) in [5.74, 6) is 0.399. The number of hydrogen-bond acceptors (Lipinski definition) is 4. The summed E-state index contributed by atoms with van der Waals surface area (Å²) < 4.78 is 5.44. The van der Waals surface area contributed by atoms with Crippen molar-refractivity contribution in [1.29, 1.82) is 0 Å². The number of nitrogens with two attached hydrogens (primary N) is 1. The second-order valence-corrected chi connectivity index (χ2v) is 5.50. The Balaban J connectivity index is 1.81. The fourth-order valence-electron chi connectivity index (χ4n) is 2.68. The van der Waals surface area contributed by atoms with Crippen molar-refractivity contribution in [2.24, 2.45) is 0 Å². The van der Waals surface area contributed by atoms with Crippen LogP contribution in [0, 0.1) is 0 Å². The SMILES string of the molecule is CC1CCCCN1C(=O)c1coc(-c2ccc(N)cc2)n1. The fraction of sp³-hybridized carbons (Fsp3) is 0.375. The molecule has 1 fully saturated rings. The standard InChI is InChI=1S/C16H19N3O2/c1-11-4-2-3-9-19(11)16(20)14-10-21-15(18-14)12-5-7-13(17)8-6-12/h5-8,10-11H,2-4,9,17H2,1H3. The van der Waals surface area contributed by atoms with Crippen LogP contribution in [-0.2, 0) is 0 Å². The monoisotopic (exact) mass is 285 g/mol. The highest BCUT2D eigenvalue weighted by Crippen LogP contribution is 2.23. The summed E-state index contributed by atoms with van der Waals surface area (Å²) in [5, 5.41) is 0. The third kappa shape index (κ3) is 2.77. The highest BCUT2D eigenvalue weighted by molar-refractivity contribution is 5.92. The molecule has 0 aliphatic carbocycles. The predicted octanol–water partition coefficient (Wildman–Crippen LogP) is 2.94. The number of likely N-dealkylation sites (tertiary alicyclic amines) is 1. The molecule has 1 unspecified atom stereocenters. The highest BCUT2D eigenvalue weighted by Gasteiger charge is 2.26. The number of amides is 1. The summed E-state index contributed by atoms with van der Waals surface area (Å²) in [7, 11) is 0. The van der Waals surface area contributed by atoms with E-state index >= 15 is 0 Å². The summed E-state index contributed by atoms with van der Waals surface area (Å²) in [6.07, 6.45) is 4.73. The van der Waals surface area contributed by atoms with Crippen LogP contribution in [0.15, 0.2) is 34.9 Å². The van der Waals surface area contributed by atoms with Crippen molar-refractivity contribution in [2.75, 3.05) is 12.3 Å². The molecule has 2 aromatic rings. The molecule has 110 valence electrons. The quantitative estimate of drug-likeness (QED) is 0.861. The average Bonchev–Trinajstić information content (AvgIpc) is 2.98. The minimum absolute atomic E-state index is 0.0485. The Bertz CT molecular complexity index is 633. The Morgan fingerprint density at radius 3 is 2.81 bits per heavy atom. The molecule has 2 N–H and O–H groups in total. The maximum absolute atomic E-state index is 12.5. The number of nitrogen functional groups attached to an aromatic ring is 1. The summed E-state index contributed by atoms with van der Waals surface area (Å²) in [6, 6.07) is 7.50. The van der Waals surface area contributed by atoms with Crippen LogP contribution in [-0.4, -0.2) is 28.4 Å². The summed E-state index contributed by atoms with van der Waals surface area (Å²) in [4.78, 5) is 18.7. The van der Waals surface area contributed by atoms with Gasteiger partial charge in [0.25, 0.3) is 5.91 Å². The van der Waals surface area contributed by atoms with Gasteiger partial charge in [0.05, 0.1) is 0 Å². The number of carbonyl (C=O) groups excluding carboxylic acids is 1. The summed E-state index contributed by atoms with van der Waals surface area (Å²) in [6.45, 7) is 2.88. The van der Waals surface area contributed by atoms with E-state index in [0.29, 0.717) is 17.3 Å². The Kier molecular flexibility index (Phi) is 3.64. The van der Waals surface area contributed by atoms with Gasteiger partial charge in [0.2, 0.25) is 5.89 Å². The molecule has 0 bridgehead atoms. The predicted molar refractivity (Wildman–Crippen MR) is 80.7 cm³/mol. The molecule has 1 aromatic carbocycles. The molecule has 21 heavy (non-hydrogen) atoms. The molecule has 5 heteroatoms. The van der Waals surface area contributed by atoms with Gasteiger partial charge in [0.1, 0.15) is 6.26 Å². The second kappa shape index (κ2) is 5.60. The number of hydrogen-bond donors (Lipinski definition) is 1. The van der Waals surface area contributed by atoms with Crippen molar-refractivity contribution < 1.29 is 9.21 Å². The molecule has 3 rings (SSSR count). The molecule has 2 heterocycles. The zero-order valence-electron chi connectivity index (χ0n) is 12.1. The maximum Gasteiger partial charge on any atom is 0.276 e. The number of nitrogens with zero attached hydrogens (tertiary/aromatic N) is 2. The number of carbonyl (C=O) groups is 1.